The number of carbonyl (C=O) groups is 1. The van der Waals surface area contributed by atoms with Crippen molar-refractivity contribution in [3.8, 4) is 17.0 Å². The van der Waals surface area contributed by atoms with Gasteiger partial charge in [0.1, 0.15) is 5.75 Å². The molecule has 1 aliphatic heterocycles. The van der Waals surface area contributed by atoms with Gasteiger partial charge in [-0.25, -0.2) is 4.98 Å². The molecular weight excluding hydrogens is 410 g/mol. The number of rotatable bonds is 7. The summed E-state index contributed by atoms with van der Waals surface area (Å²) in [5, 5.41) is 10.8. The molecule has 0 aliphatic carbocycles. The predicted octanol–water partition coefficient (Wildman–Crippen LogP) is 5.10. The number of hydrogen-bond acceptors (Lipinski definition) is 7. The highest BCUT2D eigenvalue weighted by Crippen LogP contribution is 2.34. The maximum absolute atomic E-state index is 13.1. The first-order chi connectivity index (χ1) is 15.1. The van der Waals surface area contributed by atoms with Crippen molar-refractivity contribution >= 4 is 39.5 Å². The van der Waals surface area contributed by atoms with Crippen LogP contribution in [0.1, 0.15) is 25.1 Å². The van der Waals surface area contributed by atoms with E-state index in [4.69, 9.17) is 9.72 Å². The fourth-order valence-corrected chi connectivity index (χ4v) is 4.09. The molecule has 158 valence electrons. The lowest BCUT2D eigenvalue weighted by Gasteiger charge is -2.09. The normalized spacial score (nSPS) is 14.8. The number of thiazole rings is 1. The van der Waals surface area contributed by atoms with Gasteiger partial charge in [0.25, 0.3) is 0 Å². The Labute approximate surface area is 185 Å². The molecule has 7 nitrogen and oxygen atoms in total. The number of aromatic nitrogens is 1. The zero-order valence-electron chi connectivity index (χ0n) is 17.6. The van der Waals surface area contributed by atoms with Crippen molar-refractivity contribution in [1.82, 2.24) is 4.98 Å². The third-order valence-electron chi connectivity index (χ3n) is 4.71. The van der Waals surface area contributed by atoms with Gasteiger partial charge in [-0.1, -0.05) is 60.7 Å². The lowest BCUT2D eigenvalue weighted by molar-refractivity contribution is -0.112. The molecule has 0 spiro atoms. The Morgan fingerprint density at radius 2 is 1.84 bits per heavy atom. The average Bonchev–Trinajstić information content (AvgIpc) is 3.33. The Hall–Kier alpha value is -3.52. The third-order valence-corrected chi connectivity index (χ3v) is 5.66. The highest BCUT2D eigenvalue weighted by molar-refractivity contribution is 7.16. The summed E-state index contributed by atoms with van der Waals surface area (Å²) in [5.74, 6) is 0.376. The topological polar surface area (TPSA) is 79.2 Å². The van der Waals surface area contributed by atoms with E-state index in [1.807, 2.05) is 75.4 Å². The van der Waals surface area contributed by atoms with Gasteiger partial charge < -0.3 is 4.74 Å². The Morgan fingerprint density at radius 1 is 1.10 bits per heavy atom. The molecule has 1 aliphatic rings. The monoisotopic (exact) mass is 433 g/mol. The highest BCUT2D eigenvalue weighted by Gasteiger charge is 2.34. The van der Waals surface area contributed by atoms with Crippen LogP contribution in [0.15, 0.2) is 64.8 Å². The van der Waals surface area contributed by atoms with Crippen LogP contribution >= 0.6 is 11.3 Å². The Bertz CT molecular complexity index is 1150. The van der Waals surface area contributed by atoms with Crippen molar-refractivity contribution in [3.63, 3.8) is 0 Å². The molecule has 0 fully saturated rings. The zero-order chi connectivity index (χ0) is 21.8. The minimum absolute atomic E-state index is 0.280. The van der Waals surface area contributed by atoms with Crippen LogP contribution in [-0.2, 0) is 4.79 Å². The summed E-state index contributed by atoms with van der Waals surface area (Å²) in [6.07, 6.45) is 0.575. The van der Waals surface area contributed by atoms with E-state index in [9.17, 15) is 4.79 Å². The number of hydrazone groups is 2. The van der Waals surface area contributed by atoms with Gasteiger partial charge in [0.2, 0.25) is 5.13 Å². The second kappa shape index (κ2) is 9.09. The van der Waals surface area contributed by atoms with Crippen LogP contribution in [0.25, 0.3) is 11.3 Å². The molecule has 1 aromatic heterocycles. The number of anilines is 2. The molecule has 4 rings (SSSR count). The number of amides is 1. The second-order valence-corrected chi connectivity index (χ2v) is 7.97. The Morgan fingerprint density at radius 3 is 2.58 bits per heavy atom. The van der Waals surface area contributed by atoms with E-state index in [1.165, 1.54) is 16.3 Å². The second-order valence-electron chi connectivity index (χ2n) is 6.79. The average molecular weight is 434 g/mol. The van der Waals surface area contributed by atoms with Gasteiger partial charge in [0.15, 0.2) is 5.71 Å². The number of ether oxygens (including phenoxy) is 1. The van der Waals surface area contributed by atoms with Crippen molar-refractivity contribution in [2.24, 2.45) is 10.2 Å². The van der Waals surface area contributed by atoms with Gasteiger partial charge in [-0.05, 0) is 32.4 Å². The fraction of sp³-hybridized carbons (Fsp3) is 0.217. The van der Waals surface area contributed by atoms with E-state index in [2.05, 4.69) is 15.6 Å². The van der Waals surface area contributed by atoms with Crippen molar-refractivity contribution in [2.45, 2.75) is 27.2 Å². The van der Waals surface area contributed by atoms with Gasteiger partial charge in [-0.2, -0.15) is 15.2 Å². The van der Waals surface area contributed by atoms with Gasteiger partial charge in [-0.15, -0.1) is 0 Å². The summed E-state index contributed by atoms with van der Waals surface area (Å²) < 4.78 is 5.61. The Kier molecular flexibility index (Phi) is 6.08. The summed E-state index contributed by atoms with van der Waals surface area (Å²) in [6, 6.07) is 17.4. The summed E-state index contributed by atoms with van der Waals surface area (Å²) in [5.41, 5.74) is 6.42. The molecule has 0 unspecified atom stereocenters. The van der Waals surface area contributed by atoms with Gasteiger partial charge >= 0.3 is 5.91 Å². The molecule has 1 amide bonds. The lowest BCUT2D eigenvalue weighted by atomic mass is 10.1. The number of para-hydroxylation sites is 2. The zero-order valence-corrected chi connectivity index (χ0v) is 18.4. The minimum Gasteiger partial charge on any atom is -0.492 e. The fourth-order valence-electron chi connectivity index (χ4n) is 3.21. The van der Waals surface area contributed by atoms with Crippen LogP contribution in [0.4, 0.5) is 10.8 Å². The Balaban J connectivity index is 1.61. The van der Waals surface area contributed by atoms with Crippen molar-refractivity contribution in [2.75, 3.05) is 17.0 Å². The van der Waals surface area contributed by atoms with Crippen molar-refractivity contribution < 1.29 is 9.53 Å². The van der Waals surface area contributed by atoms with Crippen molar-refractivity contribution in [1.29, 1.82) is 0 Å². The molecule has 0 saturated carbocycles. The lowest BCUT2D eigenvalue weighted by Crippen LogP contribution is -2.28. The highest BCUT2D eigenvalue weighted by atomic mass is 32.1. The smallest absolute Gasteiger partial charge is 0.303 e. The van der Waals surface area contributed by atoms with E-state index in [1.54, 1.807) is 0 Å². The standard InChI is InChI=1S/C23H23N5O2S/c1-4-17-21(26-25-18-13-9-10-14-19(18)30-5-2)22(29)28(27-17)23-24-20(15(3)31-23)16-11-7-6-8-12-16/h6-14,25H,4-5H2,1-3H3/b26-21+. The molecular formula is C23H23N5O2S. The van der Waals surface area contributed by atoms with E-state index in [-0.39, 0.29) is 11.6 Å². The van der Waals surface area contributed by atoms with Crippen molar-refractivity contribution in [3.05, 3.63) is 59.5 Å². The minimum atomic E-state index is -0.299. The van der Waals surface area contributed by atoms with Crippen LogP contribution in [0.2, 0.25) is 0 Å². The molecule has 8 heteroatoms. The van der Waals surface area contributed by atoms with E-state index in [0.29, 0.717) is 35.3 Å². The molecule has 0 saturated heterocycles. The SMILES string of the molecule is CCOc1ccccc1N/N=C1/C(=O)N(c2nc(-c3ccccc3)c(C)s2)N=C1CC. The first kappa shape index (κ1) is 20.7. The largest absolute Gasteiger partial charge is 0.492 e. The number of carbonyl (C=O) groups excluding carboxylic acids is 1. The van der Waals surface area contributed by atoms with Crippen LogP contribution in [-0.4, -0.2) is 28.9 Å². The van der Waals surface area contributed by atoms with Crippen LogP contribution in [0.5, 0.6) is 5.75 Å². The summed E-state index contributed by atoms with van der Waals surface area (Å²) >= 11 is 1.44. The van der Waals surface area contributed by atoms with E-state index < -0.39 is 0 Å². The number of benzene rings is 2. The summed E-state index contributed by atoms with van der Waals surface area (Å²) in [7, 11) is 0. The van der Waals surface area contributed by atoms with Crippen LogP contribution < -0.4 is 15.2 Å². The van der Waals surface area contributed by atoms with E-state index >= 15 is 0 Å². The molecule has 31 heavy (non-hydrogen) atoms. The number of aryl methyl sites for hydroxylation is 1. The van der Waals surface area contributed by atoms with Crippen LogP contribution in [0.3, 0.4) is 0 Å². The molecule has 3 aromatic rings. The van der Waals surface area contributed by atoms with Crippen LogP contribution in [0, 0.1) is 6.92 Å². The first-order valence-electron chi connectivity index (χ1n) is 10.1. The number of nitrogens with one attached hydrogen (secondary N) is 1. The molecule has 1 N–H and O–H groups in total. The summed E-state index contributed by atoms with van der Waals surface area (Å²) in [6.45, 7) is 6.40. The van der Waals surface area contributed by atoms with Gasteiger partial charge in [0.05, 0.1) is 23.7 Å². The van der Waals surface area contributed by atoms with Gasteiger partial charge in [0, 0.05) is 10.4 Å². The van der Waals surface area contributed by atoms with Gasteiger partial charge in [-0.3, -0.25) is 10.2 Å². The summed E-state index contributed by atoms with van der Waals surface area (Å²) in [4.78, 5) is 18.9. The molecule has 0 bridgehead atoms. The maximum atomic E-state index is 13.1. The quantitative estimate of drug-likeness (QED) is 0.526. The first-order valence-corrected chi connectivity index (χ1v) is 10.9. The number of nitrogens with zero attached hydrogens (tertiary/aromatic N) is 4. The molecule has 0 radical (unpaired) electrons. The molecule has 0 atom stereocenters. The maximum Gasteiger partial charge on any atom is 0.303 e. The third kappa shape index (κ3) is 4.20. The predicted molar refractivity (Wildman–Crippen MR) is 126 cm³/mol. The van der Waals surface area contributed by atoms with E-state index in [0.717, 1.165) is 16.1 Å². The number of hydrogen-bond donors (Lipinski definition) is 1. The molecule has 2 heterocycles. The molecule has 2 aromatic carbocycles.